The minimum Gasteiger partial charge on any atom is -0.456 e. The molecule has 8 aromatic carbocycles. The van der Waals surface area contributed by atoms with E-state index in [0.29, 0.717) is 17.5 Å². The second kappa shape index (κ2) is 11.8. The van der Waals surface area contributed by atoms with Crippen molar-refractivity contribution in [2.24, 2.45) is 0 Å². The molecule has 13 rings (SSSR count). The molecule has 0 fully saturated rings. The van der Waals surface area contributed by atoms with E-state index in [9.17, 15) is 0 Å². The van der Waals surface area contributed by atoms with E-state index in [-0.39, 0.29) is 0 Å². The van der Waals surface area contributed by atoms with Crippen molar-refractivity contribution in [3.63, 3.8) is 0 Å². The Kier molecular flexibility index (Phi) is 6.46. The summed E-state index contributed by atoms with van der Waals surface area (Å²) in [5, 5.41) is 7.04. The molecular weight excluding hydrogens is 729 g/mol. The van der Waals surface area contributed by atoms with Crippen LogP contribution in [0.15, 0.2) is 186 Å². The monoisotopic (exact) mass is 758 g/mol. The fourth-order valence-electron chi connectivity index (χ4n) is 9.61. The first kappa shape index (κ1) is 31.8. The Morgan fingerprint density at radius 2 is 1.10 bits per heavy atom. The molecule has 0 spiro atoms. The first-order valence-electron chi connectivity index (χ1n) is 19.5. The van der Waals surface area contributed by atoms with E-state index in [1.54, 1.807) is 0 Å². The number of rotatable bonds is 4. The normalized spacial score (nSPS) is 15.0. The van der Waals surface area contributed by atoms with Crippen molar-refractivity contribution in [1.82, 2.24) is 19.5 Å². The highest BCUT2D eigenvalue weighted by molar-refractivity contribution is 7.26. The van der Waals surface area contributed by atoms with E-state index >= 15 is 0 Å². The molecule has 4 aromatic heterocycles. The van der Waals surface area contributed by atoms with Crippen LogP contribution >= 0.6 is 11.3 Å². The fourth-order valence-corrected chi connectivity index (χ4v) is 10.9. The Labute approximate surface area is 336 Å². The molecule has 58 heavy (non-hydrogen) atoms. The van der Waals surface area contributed by atoms with Crippen molar-refractivity contribution in [2.75, 3.05) is 0 Å². The maximum Gasteiger partial charge on any atom is 0.163 e. The van der Waals surface area contributed by atoms with Crippen molar-refractivity contribution < 1.29 is 4.42 Å². The standard InChI is InChI=1S/C52H30N4OS/c1-3-14-31(15-4-1)49-53-50(32-16-5-2-6-17-32)55-51(54-49)52(33-26-27-36-35-19-8-11-24-43(35)57-44(36)30-33)40-22-13-21-38-34-18-7-10-23-42(34)56(46(38)40)47-41(52)29-28-39-37-20-9-12-25-45(37)58-48(39)47/h1-30H. The molecule has 1 aliphatic rings. The quantitative estimate of drug-likeness (QED) is 0.179. The van der Waals surface area contributed by atoms with Crippen LogP contribution in [0, 0.1) is 0 Å². The fraction of sp³-hybridized carbons (Fsp3) is 0.0192. The first-order valence-corrected chi connectivity index (χ1v) is 20.3. The second-order valence-corrected chi connectivity index (χ2v) is 16.1. The van der Waals surface area contributed by atoms with E-state index in [1.165, 1.54) is 36.5 Å². The van der Waals surface area contributed by atoms with E-state index in [0.717, 1.165) is 61.0 Å². The van der Waals surface area contributed by atoms with Gasteiger partial charge in [-0.3, -0.25) is 0 Å². The summed E-state index contributed by atoms with van der Waals surface area (Å²) in [7, 11) is 0. The molecule has 0 aliphatic carbocycles. The summed E-state index contributed by atoms with van der Waals surface area (Å²) in [6, 6.07) is 64.5. The summed E-state index contributed by atoms with van der Waals surface area (Å²) in [5.41, 5.74) is 9.22. The van der Waals surface area contributed by atoms with E-state index in [4.69, 9.17) is 19.4 Å². The Morgan fingerprint density at radius 3 is 1.90 bits per heavy atom. The smallest absolute Gasteiger partial charge is 0.163 e. The van der Waals surface area contributed by atoms with Crippen molar-refractivity contribution in [3.8, 4) is 28.5 Å². The van der Waals surface area contributed by atoms with Crippen molar-refractivity contribution in [1.29, 1.82) is 0 Å². The van der Waals surface area contributed by atoms with Crippen LogP contribution in [0.25, 0.3) is 92.4 Å². The molecule has 1 atom stereocenters. The van der Waals surface area contributed by atoms with Crippen molar-refractivity contribution >= 4 is 75.3 Å². The molecule has 270 valence electrons. The van der Waals surface area contributed by atoms with Gasteiger partial charge in [-0.25, -0.2) is 15.0 Å². The van der Waals surface area contributed by atoms with Gasteiger partial charge >= 0.3 is 0 Å². The molecule has 0 bridgehead atoms. The van der Waals surface area contributed by atoms with Crippen LogP contribution in [0.5, 0.6) is 0 Å². The Balaban J connectivity index is 1.27. The minimum atomic E-state index is -1.01. The maximum absolute atomic E-state index is 6.68. The molecule has 5 heterocycles. The van der Waals surface area contributed by atoms with Crippen LogP contribution in [0.3, 0.4) is 0 Å². The molecule has 0 amide bonds. The zero-order valence-corrected chi connectivity index (χ0v) is 31.7. The number of aromatic nitrogens is 4. The third-order valence-corrected chi connectivity index (χ3v) is 13.3. The molecule has 0 radical (unpaired) electrons. The van der Waals surface area contributed by atoms with Gasteiger partial charge in [-0.2, -0.15) is 0 Å². The highest BCUT2D eigenvalue weighted by Gasteiger charge is 2.49. The Hall–Kier alpha value is -7.41. The predicted molar refractivity (Wildman–Crippen MR) is 237 cm³/mol. The molecule has 0 saturated carbocycles. The van der Waals surface area contributed by atoms with Crippen molar-refractivity contribution in [2.45, 2.75) is 5.41 Å². The van der Waals surface area contributed by atoms with Crippen LogP contribution < -0.4 is 0 Å². The van der Waals surface area contributed by atoms with Gasteiger partial charge in [0.1, 0.15) is 16.6 Å². The van der Waals surface area contributed by atoms with Gasteiger partial charge in [-0.1, -0.05) is 158 Å². The SMILES string of the molecule is c1ccc(-c2nc(-c3ccccc3)nc(C3(c4ccc5c(c4)oc4ccccc45)c4ccc5c(sc6ccccc65)c4-n4c5ccccc5c5cccc3c54)n2)cc1. The maximum atomic E-state index is 6.68. The van der Waals surface area contributed by atoms with Crippen LogP contribution in [-0.4, -0.2) is 19.5 Å². The number of hydrogen-bond acceptors (Lipinski definition) is 5. The Bertz CT molecular complexity index is 3580. The average molecular weight is 759 g/mol. The van der Waals surface area contributed by atoms with E-state index in [1.807, 2.05) is 59.9 Å². The lowest BCUT2D eigenvalue weighted by Crippen LogP contribution is -2.37. The molecule has 5 nitrogen and oxygen atoms in total. The molecule has 6 heteroatoms. The van der Waals surface area contributed by atoms with Crippen molar-refractivity contribution in [3.05, 3.63) is 205 Å². The number of benzene rings is 8. The summed E-state index contributed by atoms with van der Waals surface area (Å²) >= 11 is 1.85. The lowest BCUT2D eigenvalue weighted by atomic mass is 9.66. The second-order valence-electron chi connectivity index (χ2n) is 15.1. The predicted octanol–water partition coefficient (Wildman–Crippen LogP) is 13.3. The summed E-state index contributed by atoms with van der Waals surface area (Å²) in [4.78, 5) is 16.4. The molecule has 0 saturated heterocycles. The van der Waals surface area contributed by atoms with Crippen LogP contribution in [0.2, 0.25) is 0 Å². The minimum absolute atomic E-state index is 0.622. The zero-order valence-electron chi connectivity index (χ0n) is 30.9. The lowest BCUT2D eigenvalue weighted by Gasteiger charge is -2.40. The summed E-state index contributed by atoms with van der Waals surface area (Å²) in [6.07, 6.45) is 0. The van der Waals surface area contributed by atoms with Gasteiger partial charge in [0.15, 0.2) is 17.5 Å². The van der Waals surface area contributed by atoms with E-state index < -0.39 is 5.41 Å². The van der Waals surface area contributed by atoms with Crippen LogP contribution in [-0.2, 0) is 5.41 Å². The highest BCUT2D eigenvalue weighted by Crippen LogP contribution is 2.57. The van der Waals surface area contributed by atoms with Gasteiger partial charge in [0, 0.05) is 53.7 Å². The van der Waals surface area contributed by atoms with Gasteiger partial charge in [-0.15, -0.1) is 11.3 Å². The lowest BCUT2D eigenvalue weighted by molar-refractivity contribution is 0.652. The van der Waals surface area contributed by atoms with Gasteiger partial charge in [-0.05, 0) is 35.4 Å². The van der Waals surface area contributed by atoms with Crippen LogP contribution in [0.1, 0.15) is 22.5 Å². The average Bonchev–Trinajstić information content (AvgIpc) is 3.97. The number of hydrogen-bond donors (Lipinski definition) is 0. The summed E-state index contributed by atoms with van der Waals surface area (Å²) in [5.74, 6) is 1.90. The molecule has 12 aromatic rings. The third-order valence-electron chi connectivity index (χ3n) is 12.1. The number of nitrogens with zero attached hydrogens (tertiary/aromatic N) is 4. The number of fused-ring (bicyclic) bond motifs is 12. The van der Waals surface area contributed by atoms with Gasteiger partial charge < -0.3 is 8.98 Å². The van der Waals surface area contributed by atoms with E-state index in [2.05, 4.69) is 138 Å². The van der Waals surface area contributed by atoms with Gasteiger partial charge in [0.05, 0.1) is 21.4 Å². The molecule has 1 aliphatic heterocycles. The first-order chi connectivity index (χ1) is 28.8. The number of thiophene rings is 1. The summed E-state index contributed by atoms with van der Waals surface area (Å²) < 4.78 is 11.7. The third kappa shape index (κ3) is 4.21. The molecule has 1 unspecified atom stereocenters. The summed E-state index contributed by atoms with van der Waals surface area (Å²) in [6.45, 7) is 0. The molecule has 0 N–H and O–H groups in total. The van der Waals surface area contributed by atoms with Gasteiger partial charge in [0.2, 0.25) is 0 Å². The van der Waals surface area contributed by atoms with Gasteiger partial charge in [0.25, 0.3) is 0 Å². The zero-order chi connectivity index (χ0) is 38.0. The topological polar surface area (TPSA) is 56.7 Å². The highest BCUT2D eigenvalue weighted by atomic mass is 32.1. The Morgan fingerprint density at radius 1 is 0.466 bits per heavy atom. The number of furan rings is 1. The largest absolute Gasteiger partial charge is 0.456 e. The molecular formula is C52H30N4OS. The number of para-hydroxylation sites is 3. The van der Waals surface area contributed by atoms with Crippen LogP contribution in [0.4, 0.5) is 0 Å².